The second-order valence-electron chi connectivity index (χ2n) is 5.73. The quantitative estimate of drug-likeness (QED) is 0.765. The molecular weight excluding hydrogens is 334 g/mol. The van der Waals surface area contributed by atoms with Gasteiger partial charge in [0.05, 0.1) is 10.6 Å². The van der Waals surface area contributed by atoms with Crippen molar-refractivity contribution in [2.75, 3.05) is 18.0 Å². The summed E-state index contributed by atoms with van der Waals surface area (Å²) in [5, 5.41) is 2.99. The van der Waals surface area contributed by atoms with E-state index in [0.717, 1.165) is 35.5 Å². The third-order valence-corrected chi connectivity index (χ3v) is 5.29. The number of hydrogen-bond donors (Lipinski definition) is 1. The number of pyridine rings is 1. The highest BCUT2D eigenvalue weighted by atomic mass is 32.1. The van der Waals surface area contributed by atoms with E-state index in [4.69, 9.17) is 0 Å². The lowest BCUT2D eigenvalue weighted by atomic mass is 10.2. The molecule has 0 unspecified atom stereocenters. The third-order valence-electron chi connectivity index (χ3n) is 4.11. The fourth-order valence-corrected chi connectivity index (χ4v) is 3.94. The molecule has 4 rings (SSSR count). The van der Waals surface area contributed by atoms with Crippen molar-refractivity contribution in [1.29, 1.82) is 0 Å². The van der Waals surface area contributed by atoms with Crippen molar-refractivity contribution >= 4 is 28.9 Å². The Morgan fingerprint density at radius 1 is 1.20 bits per heavy atom. The van der Waals surface area contributed by atoms with Crippen molar-refractivity contribution in [3.8, 4) is 0 Å². The Labute approximate surface area is 149 Å². The Hall–Kier alpha value is -2.80. The van der Waals surface area contributed by atoms with Crippen molar-refractivity contribution in [2.45, 2.75) is 12.8 Å². The number of aromatic nitrogens is 3. The summed E-state index contributed by atoms with van der Waals surface area (Å²) in [5.41, 5.74) is 2.21. The SMILES string of the molecule is O=C(NCCc1ccncc1)c1cc2c(s1)CCN2c1ncccn1. The van der Waals surface area contributed by atoms with Gasteiger partial charge >= 0.3 is 0 Å². The first kappa shape index (κ1) is 15.7. The van der Waals surface area contributed by atoms with E-state index in [1.165, 1.54) is 4.88 Å². The molecule has 0 bridgehead atoms. The van der Waals surface area contributed by atoms with E-state index in [-0.39, 0.29) is 5.91 Å². The molecule has 126 valence electrons. The Balaban J connectivity index is 1.42. The first-order valence-electron chi connectivity index (χ1n) is 8.15. The molecule has 1 aliphatic rings. The maximum absolute atomic E-state index is 12.4. The third kappa shape index (κ3) is 3.36. The van der Waals surface area contributed by atoms with Crippen molar-refractivity contribution < 1.29 is 4.79 Å². The molecule has 0 fully saturated rings. The van der Waals surface area contributed by atoms with Crippen molar-refractivity contribution in [1.82, 2.24) is 20.3 Å². The topological polar surface area (TPSA) is 71.0 Å². The second kappa shape index (κ2) is 6.98. The molecule has 1 N–H and O–H groups in total. The molecule has 1 aliphatic heterocycles. The van der Waals surface area contributed by atoms with Crippen molar-refractivity contribution in [3.63, 3.8) is 0 Å². The van der Waals surface area contributed by atoms with Gasteiger partial charge in [0.2, 0.25) is 5.95 Å². The van der Waals surface area contributed by atoms with Gasteiger partial charge in [0.15, 0.2) is 0 Å². The summed E-state index contributed by atoms with van der Waals surface area (Å²) >= 11 is 1.56. The lowest BCUT2D eigenvalue weighted by Gasteiger charge is -2.15. The lowest BCUT2D eigenvalue weighted by molar-refractivity contribution is 0.0958. The van der Waals surface area contributed by atoms with Crippen LogP contribution in [0.4, 0.5) is 11.6 Å². The van der Waals surface area contributed by atoms with E-state index in [1.54, 1.807) is 42.2 Å². The molecule has 7 heteroatoms. The predicted octanol–water partition coefficient (Wildman–Crippen LogP) is 2.60. The van der Waals surface area contributed by atoms with Crippen LogP contribution in [-0.2, 0) is 12.8 Å². The largest absolute Gasteiger partial charge is 0.351 e. The molecule has 1 amide bonds. The molecule has 0 aromatic carbocycles. The average Bonchev–Trinajstić information content (AvgIpc) is 3.24. The number of carbonyl (C=O) groups excluding carboxylic acids is 1. The Morgan fingerprint density at radius 2 is 2.00 bits per heavy atom. The summed E-state index contributed by atoms with van der Waals surface area (Å²) in [6.45, 7) is 1.46. The van der Waals surface area contributed by atoms with Crippen LogP contribution < -0.4 is 10.2 Å². The zero-order chi connectivity index (χ0) is 17.1. The standard InChI is InChI=1S/C18H17N5OS/c24-17(20-10-4-13-2-8-19-9-3-13)16-12-14-15(25-16)5-11-23(14)18-21-6-1-7-22-18/h1-3,6-9,12H,4-5,10-11H2,(H,20,24). The van der Waals surface area contributed by atoms with Crippen LogP contribution in [0.1, 0.15) is 20.1 Å². The predicted molar refractivity (Wildman–Crippen MR) is 97.3 cm³/mol. The van der Waals surface area contributed by atoms with Crippen LogP contribution in [0, 0.1) is 0 Å². The number of thiophene rings is 1. The van der Waals surface area contributed by atoms with Gasteiger partial charge in [-0.25, -0.2) is 9.97 Å². The van der Waals surface area contributed by atoms with Gasteiger partial charge in [-0.2, -0.15) is 0 Å². The number of rotatable bonds is 5. The van der Waals surface area contributed by atoms with Crippen LogP contribution in [0.5, 0.6) is 0 Å². The summed E-state index contributed by atoms with van der Waals surface area (Å²) in [6.07, 6.45) is 8.72. The van der Waals surface area contributed by atoms with Gasteiger partial charge in [-0.3, -0.25) is 9.78 Å². The molecule has 25 heavy (non-hydrogen) atoms. The minimum absolute atomic E-state index is 0.0256. The minimum atomic E-state index is -0.0256. The van der Waals surface area contributed by atoms with E-state index in [1.807, 2.05) is 18.2 Å². The van der Waals surface area contributed by atoms with Gasteiger partial charge in [-0.1, -0.05) is 0 Å². The maximum Gasteiger partial charge on any atom is 0.261 e. The van der Waals surface area contributed by atoms with E-state index >= 15 is 0 Å². The average molecular weight is 351 g/mol. The molecule has 3 aromatic heterocycles. The lowest BCUT2D eigenvalue weighted by Crippen LogP contribution is -2.25. The van der Waals surface area contributed by atoms with Gasteiger partial charge in [-0.05, 0) is 36.2 Å². The summed E-state index contributed by atoms with van der Waals surface area (Å²) in [6, 6.07) is 7.67. The molecule has 0 saturated carbocycles. The van der Waals surface area contributed by atoms with E-state index in [2.05, 4.69) is 25.2 Å². The zero-order valence-electron chi connectivity index (χ0n) is 13.6. The van der Waals surface area contributed by atoms with Gasteiger partial charge in [-0.15, -0.1) is 11.3 Å². The monoisotopic (exact) mass is 351 g/mol. The molecule has 0 radical (unpaired) electrons. The van der Waals surface area contributed by atoms with Crippen LogP contribution in [-0.4, -0.2) is 33.9 Å². The van der Waals surface area contributed by atoms with E-state index in [0.29, 0.717) is 12.5 Å². The summed E-state index contributed by atoms with van der Waals surface area (Å²) in [5.74, 6) is 0.658. The number of hydrogen-bond acceptors (Lipinski definition) is 6. The van der Waals surface area contributed by atoms with Gasteiger partial charge in [0.1, 0.15) is 0 Å². The highest BCUT2D eigenvalue weighted by Crippen LogP contribution is 2.38. The van der Waals surface area contributed by atoms with Gasteiger partial charge in [0, 0.05) is 49.2 Å². The Bertz CT molecular complexity index is 866. The number of nitrogens with one attached hydrogen (secondary N) is 1. The number of anilines is 2. The molecule has 3 aromatic rings. The number of fused-ring (bicyclic) bond motifs is 1. The first-order chi connectivity index (χ1) is 12.3. The van der Waals surface area contributed by atoms with Gasteiger partial charge < -0.3 is 10.2 Å². The van der Waals surface area contributed by atoms with E-state index < -0.39 is 0 Å². The number of amides is 1. The highest BCUT2D eigenvalue weighted by molar-refractivity contribution is 7.14. The summed E-state index contributed by atoms with van der Waals surface area (Å²) in [4.78, 5) is 29.1. The molecule has 6 nitrogen and oxygen atoms in total. The fourth-order valence-electron chi connectivity index (χ4n) is 2.87. The molecule has 0 saturated heterocycles. The molecule has 0 atom stereocenters. The smallest absolute Gasteiger partial charge is 0.261 e. The van der Waals surface area contributed by atoms with E-state index in [9.17, 15) is 4.79 Å². The number of nitrogens with zero attached hydrogens (tertiary/aromatic N) is 4. The highest BCUT2D eigenvalue weighted by Gasteiger charge is 2.26. The summed E-state index contributed by atoms with van der Waals surface area (Å²) < 4.78 is 0. The van der Waals surface area contributed by atoms with Crippen LogP contribution >= 0.6 is 11.3 Å². The Morgan fingerprint density at radius 3 is 2.80 bits per heavy atom. The first-order valence-corrected chi connectivity index (χ1v) is 8.97. The van der Waals surface area contributed by atoms with Crippen LogP contribution in [0.25, 0.3) is 0 Å². The Kier molecular flexibility index (Phi) is 4.39. The second-order valence-corrected chi connectivity index (χ2v) is 6.87. The van der Waals surface area contributed by atoms with Crippen LogP contribution in [0.3, 0.4) is 0 Å². The normalized spacial score (nSPS) is 12.9. The fraction of sp³-hybridized carbons (Fsp3) is 0.222. The van der Waals surface area contributed by atoms with Gasteiger partial charge in [0.25, 0.3) is 5.91 Å². The van der Waals surface area contributed by atoms with Crippen LogP contribution in [0.2, 0.25) is 0 Å². The van der Waals surface area contributed by atoms with Crippen molar-refractivity contribution in [3.05, 3.63) is 64.4 Å². The van der Waals surface area contributed by atoms with Crippen LogP contribution in [0.15, 0.2) is 49.1 Å². The maximum atomic E-state index is 12.4. The van der Waals surface area contributed by atoms with Crippen molar-refractivity contribution in [2.24, 2.45) is 0 Å². The molecular formula is C18H17N5OS. The summed E-state index contributed by atoms with van der Waals surface area (Å²) in [7, 11) is 0. The number of carbonyl (C=O) groups is 1. The molecule has 0 aliphatic carbocycles. The molecule has 4 heterocycles. The minimum Gasteiger partial charge on any atom is -0.351 e. The zero-order valence-corrected chi connectivity index (χ0v) is 14.4. The molecule has 0 spiro atoms.